The van der Waals surface area contributed by atoms with Gasteiger partial charge >= 0.3 is 0 Å². The van der Waals surface area contributed by atoms with Crippen molar-refractivity contribution in [2.24, 2.45) is 0 Å². The molecule has 0 bridgehead atoms. The second-order valence-electron chi connectivity index (χ2n) is 9.81. The van der Waals surface area contributed by atoms with Gasteiger partial charge < -0.3 is 4.90 Å². The van der Waals surface area contributed by atoms with E-state index in [0.717, 1.165) is 31.5 Å². The van der Waals surface area contributed by atoms with Crippen LogP contribution in [-0.2, 0) is 23.1 Å². The van der Waals surface area contributed by atoms with Crippen molar-refractivity contribution in [3.8, 4) is 0 Å². The Morgan fingerprint density at radius 1 is 0.972 bits per heavy atom. The Hall–Kier alpha value is -2.55. The molecule has 0 aliphatic heterocycles. The molecule has 0 amide bonds. The lowest BCUT2D eigenvalue weighted by atomic mass is 9.94. The summed E-state index contributed by atoms with van der Waals surface area (Å²) in [6, 6.07) is 14.4. The summed E-state index contributed by atoms with van der Waals surface area (Å²) in [4.78, 5) is 8.73. The Morgan fingerprint density at radius 3 is 2.47 bits per heavy atom. The minimum atomic E-state index is -3.64. The largest absolute Gasteiger partial charge is 0.303 e. The molecule has 2 heterocycles. The summed E-state index contributed by atoms with van der Waals surface area (Å²) in [5.41, 5.74) is 1.42. The summed E-state index contributed by atoms with van der Waals surface area (Å²) in [7, 11) is -1.41. The fraction of sp³-hybridized carbons (Fsp3) is 0.464. The Kier molecular flexibility index (Phi) is 9.29. The van der Waals surface area contributed by atoms with Gasteiger partial charge in [-0.25, -0.2) is 17.4 Å². The summed E-state index contributed by atoms with van der Waals surface area (Å²) >= 11 is 0. The molecule has 1 fully saturated rings. The number of rotatable bonds is 12. The van der Waals surface area contributed by atoms with Crippen LogP contribution < -0.4 is 0 Å². The van der Waals surface area contributed by atoms with E-state index in [2.05, 4.69) is 21.8 Å². The predicted octanol–water partition coefficient (Wildman–Crippen LogP) is 5.31. The lowest BCUT2D eigenvalue weighted by Gasteiger charge is -2.31. The number of aromatic nitrogens is 2. The molecule has 1 aliphatic carbocycles. The maximum Gasteiger partial charge on any atom is 0.267 e. The molecule has 8 heteroatoms. The summed E-state index contributed by atoms with van der Waals surface area (Å²) in [6.45, 7) is 2.81. The molecule has 0 N–H and O–H groups in total. The fourth-order valence-electron chi connectivity index (χ4n) is 5.03. The molecular weight excluding hydrogens is 475 g/mol. The fourth-order valence-corrected chi connectivity index (χ4v) is 6.27. The van der Waals surface area contributed by atoms with Crippen LogP contribution in [0.15, 0.2) is 72.0 Å². The van der Waals surface area contributed by atoms with E-state index >= 15 is 0 Å². The Balaban J connectivity index is 1.39. The zero-order chi connectivity index (χ0) is 25.4. The van der Waals surface area contributed by atoms with Gasteiger partial charge in [-0.1, -0.05) is 43.5 Å². The van der Waals surface area contributed by atoms with Crippen LogP contribution in [0.25, 0.3) is 0 Å². The van der Waals surface area contributed by atoms with Crippen molar-refractivity contribution < 1.29 is 12.8 Å². The molecule has 0 radical (unpaired) electrons. The smallest absolute Gasteiger partial charge is 0.267 e. The first kappa shape index (κ1) is 26.5. The minimum absolute atomic E-state index is 0.253. The average Bonchev–Trinajstić information content (AvgIpc) is 3.38. The lowest BCUT2D eigenvalue weighted by molar-refractivity contribution is 0.182. The zero-order valence-electron chi connectivity index (χ0n) is 21.1. The number of hydrogen-bond donors (Lipinski definition) is 0. The van der Waals surface area contributed by atoms with Crippen LogP contribution in [0, 0.1) is 5.95 Å². The van der Waals surface area contributed by atoms with Gasteiger partial charge in [0.25, 0.3) is 10.0 Å². The zero-order valence-corrected chi connectivity index (χ0v) is 21.9. The van der Waals surface area contributed by atoms with Crippen LogP contribution in [-0.4, -0.2) is 53.4 Å². The third-order valence-electron chi connectivity index (χ3n) is 7.12. The van der Waals surface area contributed by atoms with Gasteiger partial charge in [-0.3, -0.25) is 4.90 Å². The third kappa shape index (κ3) is 7.02. The Labute approximate surface area is 214 Å². The van der Waals surface area contributed by atoms with Crippen molar-refractivity contribution in [3.63, 3.8) is 0 Å². The minimum Gasteiger partial charge on any atom is -0.303 e. The maximum absolute atomic E-state index is 14.3. The van der Waals surface area contributed by atoms with Crippen molar-refractivity contribution in [1.82, 2.24) is 18.8 Å². The molecule has 2 aromatic heterocycles. The quantitative estimate of drug-likeness (QED) is 0.243. The molecule has 0 saturated heterocycles. The topological polar surface area (TPSA) is 58.4 Å². The predicted molar refractivity (Wildman–Crippen MR) is 141 cm³/mol. The molecule has 3 aromatic rings. The lowest BCUT2D eigenvalue weighted by Crippen LogP contribution is -2.34. The van der Waals surface area contributed by atoms with Gasteiger partial charge in [0.15, 0.2) is 0 Å². The van der Waals surface area contributed by atoms with Crippen LogP contribution in [0.3, 0.4) is 0 Å². The maximum atomic E-state index is 14.3. The number of hydrogen-bond acceptors (Lipinski definition) is 5. The molecule has 1 aliphatic rings. The van der Waals surface area contributed by atoms with E-state index in [1.807, 2.05) is 6.07 Å². The van der Waals surface area contributed by atoms with Crippen LogP contribution in [0.5, 0.6) is 0 Å². The second kappa shape index (κ2) is 12.6. The highest BCUT2D eigenvalue weighted by Gasteiger charge is 2.19. The summed E-state index contributed by atoms with van der Waals surface area (Å²) in [5.74, 6) is -0.455. The van der Waals surface area contributed by atoms with Gasteiger partial charge in [0.2, 0.25) is 5.95 Å². The molecule has 36 heavy (non-hydrogen) atoms. The van der Waals surface area contributed by atoms with Crippen molar-refractivity contribution in [2.75, 3.05) is 20.1 Å². The first-order valence-electron chi connectivity index (χ1n) is 12.9. The van der Waals surface area contributed by atoms with E-state index in [9.17, 15) is 12.8 Å². The molecule has 1 saturated carbocycles. The van der Waals surface area contributed by atoms with Crippen LogP contribution in [0.2, 0.25) is 0 Å². The van der Waals surface area contributed by atoms with Gasteiger partial charge in [-0.05, 0) is 75.6 Å². The molecule has 194 valence electrons. The van der Waals surface area contributed by atoms with Crippen LogP contribution in [0.1, 0.15) is 56.1 Å². The number of halogens is 1. The van der Waals surface area contributed by atoms with Crippen molar-refractivity contribution in [2.45, 2.75) is 69.0 Å². The molecule has 6 nitrogen and oxygen atoms in total. The van der Waals surface area contributed by atoms with E-state index in [0.29, 0.717) is 24.7 Å². The van der Waals surface area contributed by atoms with E-state index < -0.39 is 16.0 Å². The van der Waals surface area contributed by atoms with Gasteiger partial charge in [0, 0.05) is 43.3 Å². The van der Waals surface area contributed by atoms with Crippen LogP contribution >= 0.6 is 0 Å². The van der Waals surface area contributed by atoms with E-state index in [4.69, 9.17) is 0 Å². The van der Waals surface area contributed by atoms with E-state index in [-0.39, 0.29) is 4.90 Å². The van der Waals surface area contributed by atoms with Gasteiger partial charge in [-0.2, -0.15) is 4.39 Å². The van der Waals surface area contributed by atoms with Crippen molar-refractivity contribution in [3.05, 3.63) is 84.2 Å². The first-order chi connectivity index (χ1) is 17.4. The van der Waals surface area contributed by atoms with Crippen LogP contribution in [0.4, 0.5) is 4.39 Å². The number of pyridine rings is 1. The molecule has 4 rings (SSSR count). The SMILES string of the molecule is CN(CCCCN(Cc1ccn(S(=O)(=O)c2ccccc2)c1)Cc1cccnc1F)C1CCCCC1. The Morgan fingerprint density at radius 2 is 1.72 bits per heavy atom. The first-order valence-corrected chi connectivity index (χ1v) is 14.4. The normalized spacial score (nSPS) is 15.1. The van der Waals surface area contributed by atoms with E-state index in [1.165, 1.54) is 42.3 Å². The van der Waals surface area contributed by atoms with Gasteiger partial charge in [0.1, 0.15) is 0 Å². The van der Waals surface area contributed by atoms with Gasteiger partial charge in [-0.15, -0.1) is 0 Å². The molecule has 0 spiro atoms. The molecule has 0 unspecified atom stereocenters. The van der Waals surface area contributed by atoms with E-state index in [1.54, 1.807) is 54.9 Å². The summed E-state index contributed by atoms with van der Waals surface area (Å²) < 4.78 is 41.5. The Bertz CT molecular complexity index is 1190. The molecule has 0 atom stereocenters. The summed E-state index contributed by atoms with van der Waals surface area (Å²) in [6.07, 6.45) is 13.4. The number of nitrogens with zero attached hydrogens (tertiary/aromatic N) is 4. The molecule has 1 aromatic carbocycles. The monoisotopic (exact) mass is 512 g/mol. The van der Waals surface area contributed by atoms with Crippen molar-refractivity contribution >= 4 is 10.0 Å². The highest BCUT2D eigenvalue weighted by atomic mass is 32.2. The summed E-state index contributed by atoms with van der Waals surface area (Å²) in [5, 5.41) is 0. The highest BCUT2D eigenvalue weighted by molar-refractivity contribution is 7.90. The average molecular weight is 513 g/mol. The third-order valence-corrected chi connectivity index (χ3v) is 8.77. The number of unbranched alkanes of at least 4 members (excludes halogenated alkanes) is 1. The molecular formula is C28H37FN4O2S. The highest BCUT2D eigenvalue weighted by Crippen LogP contribution is 2.22. The number of benzene rings is 1. The van der Waals surface area contributed by atoms with Gasteiger partial charge in [0.05, 0.1) is 4.90 Å². The second-order valence-corrected chi connectivity index (χ2v) is 11.7. The van der Waals surface area contributed by atoms with Crippen molar-refractivity contribution in [1.29, 1.82) is 0 Å². The standard InChI is InChI=1S/C28H37FN4O2S/c1-31(26-12-4-2-5-13-26)18-8-9-19-32(23-25-11-10-17-30-28(25)29)21-24-16-20-33(22-24)36(34,35)27-14-6-3-7-15-27/h3,6-7,10-11,14-17,20,22,26H,2,4-5,8-9,12-13,18-19,21,23H2,1H3.